The highest BCUT2D eigenvalue weighted by molar-refractivity contribution is 5.87. The number of nitrogens with zero attached hydrogens (tertiary/aromatic N) is 3. The van der Waals surface area contributed by atoms with Crippen LogP contribution < -0.4 is 5.73 Å². The molecule has 1 aromatic carbocycles. The first-order chi connectivity index (χ1) is 9.58. The largest absolute Gasteiger partial charge is 0.367 e. The normalized spacial score (nSPS) is 10.9. The van der Waals surface area contributed by atoms with E-state index in [1.165, 1.54) is 6.07 Å². The lowest BCUT2D eigenvalue weighted by Crippen LogP contribution is -1.91. The molecule has 2 N–H and O–H groups in total. The summed E-state index contributed by atoms with van der Waals surface area (Å²) in [6, 6.07) is 6.39. The van der Waals surface area contributed by atoms with Crippen molar-refractivity contribution in [3.8, 4) is 22.4 Å². The Balaban J connectivity index is 2.26. The molecule has 3 aromatic rings. The molecule has 0 unspecified atom stereocenters. The van der Waals surface area contributed by atoms with Crippen molar-refractivity contribution in [3.05, 3.63) is 42.0 Å². The Morgan fingerprint density at radius 1 is 1.25 bits per heavy atom. The van der Waals surface area contributed by atoms with Crippen LogP contribution in [0.2, 0.25) is 0 Å². The van der Waals surface area contributed by atoms with E-state index in [-0.39, 0.29) is 11.7 Å². The molecule has 3 rings (SSSR count). The fourth-order valence-corrected chi connectivity index (χ4v) is 2.24. The summed E-state index contributed by atoms with van der Waals surface area (Å²) in [5.41, 5.74) is 8.68. The summed E-state index contributed by atoms with van der Waals surface area (Å²) in [5, 5.41) is 8.21. The van der Waals surface area contributed by atoms with Crippen molar-refractivity contribution in [3.63, 3.8) is 0 Å². The smallest absolute Gasteiger partial charge is 0.230 e. The third kappa shape index (κ3) is 1.85. The van der Waals surface area contributed by atoms with Crippen LogP contribution >= 0.6 is 0 Å². The second kappa shape index (κ2) is 4.48. The van der Waals surface area contributed by atoms with Gasteiger partial charge in [-0.15, -0.1) is 0 Å². The molecule has 2 heterocycles. The SMILES string of the molecule is Cc1nn(C)cc1-c1noc(N)c1-c1ccccc1F. The molecule has 0 atom stereocenters. The maximum Gasteiger partial charge on any atom is 0.230 e. The Labute approximate surface area is 114 Å². The highest BCUT2D eigenvalue weighted by Gasteiger charge is 2.22. The molecule has 0 saturated heterocycles. The van der Waals surface area contributed by atoms with Crippen LogP contribution in [0.5, 0.6) is 0 Å². The van der Waals surface area contributed by atoms with E-state index < -0.39 is 0 Å². The van der Waals surface area contributed by atoms with Gasteiger partial charge in [-0.1, -0.05) is 23.4 Å². The molecule has 0 aliphatic rings. The summed E-state index contributed by atoms with van der Waals surface area (Å²) in [7, 11) is 1.81. The van der Waals surface area contributed by atoms with Crippen molar-refractivity contribution in [2.24, 2.45) is 7.05 Å². The predicted molar refractivity (Wildman–Crippen MR) is 73.2 cm³/mol. The molecule has 0 amide bonds. The number of nitrogen functional groups attached to an aromatic ring is 1. The van der Waals surface area contributed by atoms with Gasteiger partial charge in [0, 0.05) is 24.4 Å². The Kier molecular flexibility index (Phi) is 2.78. The van der Waals surface area contributed by atoms with Gasteiger partial charge in [0.1, 0.15) is 11.5 Å². The maximum absolute atomic E-state index is 14.0. The molecule has 0 spiro atoms. The first-order valence-electron chi connectivity index (χ1n) is 6.08. The minimum Gasteiger partial charge on any atom is -0.367 e. The zero-order chi connectivity index (χ0) is 14.3. The summed E-state index contributed by atoms with van der Waals surface area (Å²) in [5.74, 6) is -0.279. The van der Waals surface area contributed by atoms with Crippen molar-refractivity contribution in [2.75, 3.05) is 5.73 Å². The van der Waals surface area contributed by atoms with Crippen LogP contribution in [-0.2, 0) is 7.05 Å². The standard InChI is InChI=1S/C14H13FN4O/c1-8-10(7-19(2)17-8)13-12(14(16)20-18-13)9-5-3-4-6-11(9)15/h3-7H,16H2,1-2H3. The maximum atomic E-state index is 14.0. The van der Waals surface area contributed by atoms with Gasteiger partial charge in [0.2, 0.25) is 5.88 Å². The Morgan fingerprint density at radius 3 is 2.65 bits per heavy atom. The van der Waals surface area contributed by atoms with Gasteiger partial charge in [0.15, 0.2) is 0 Å². The second-order valence-corrected chi connectivity index (χ2v) is 4.55. The van der Waals surface area contributed by atoms with Crippen molar-refractivity contribution in [1.29, 1.82) is 0 Å². The summed E-state index contributed by atoms with van der Waals surface area (Å²) in [6.07, 6.45) is 1.80. The van der Waals surface area contributed by atoms with Crippen LogP contribution in [0.1, 0.15) is 5.69 Å². The zero-order valence-electron chi connectivity index (χ0n) is 11.1. The number of rotatable bonds is 2. The van der Waals surface area contributed by atoms with Gasteiger partial charge in [-0.3, -0.25) is 4.68 Å². The molecule has 2 aromatic heterocycles. The van der Waals surface area contributed by atoms with Crippen LogP contribution in [0.15, 0.2) is 35.0 Å². The summed E-state index contributed by atoms with van der Waals surface area (Å²) < 4.78 is 20.7. The average Bonchev–Trinajstić information content (AvgIpc) is 2.93. The number of benzene rings is 1. The third-order valence-corrected chi connectivity index (χ3v) is 3.13. The molecule has 0 aliphatic heterocycles. The molecule has 0 radical (unpaired) electrons. The average molecular weight is 272 g/mol. The van der Waals surface area contributed by atoms with Gasteiger partial charge in [0.25, 0.3) is 0 Å². The number of anilines is 1. The monoisotopic (exact) mass is 272 g/mol. The van der Waals surface area contributed by atoms with E-state index in [4.69, 9.17) is 10.3 Å². The number of hydrogen-bond donors (Lipinski definition) is 1. The minimum atomic E-state index is -0.370. The zero-order valence-corrected chi connectivity index (χ0v) is 11.1. The van der Waals surface area contributed by atoms with Gasteiger partial charge >= 0.3 is 0 Å². The Morgan fingerprint density at radius 2 is 2.00 bits per heavy atom. The van der Waals surface area contributed by atoms with Gasteiger partial charge in [-0.05, 0) is 13.0 Å². The van der Waals surface area contributed by atoms with E-state index >= 15 is 0 Å². The molecule has 5 nitrogen and oxygen atoms in total. The van der Waals surface area contributed by atoms with Crippen LogP contribution in [0, 0.1) is 12.7 Å². The molecule has 20 heavy (non-hydrogen) atoms. The Bertz CT molecular complexity index is 775. The summed E-state index contributed by atoms with van der Waals surface area (Å²) in [4.78, 5) is 0. The minimum absolute atomic E-state index is 0.0911. The number of aryl methyl sites for hydroxylation is 2. The molecule has 0 aliphatic carbocycles. The topological polar surface area (TPSA) is 69.9 Å². The Hall–Kier alpha value is -2.63. The molecular formula is C14H13FN4O. The van der Waals surface area contributed by atoms with Gasteiger partial charge in [-0.2, -0.15) is 5.10 Å². The van der Waals surface area contributed by atoms with Crippen LogP contribution in [0.25, 0.3) is 22.4 Å². The molecule has 0 fully saturated rings. The van der Waals surface area contributed by atoms with E-state index in [1.54, 1.807) is 29.1 Å². The van der Waals surface area contributed by atoms with Crippen LogP contribution in [0.4, 0.5) is 10.3 Å². The lowest BCUT2D eigenvalue weighted by Gasteiger charge is -2.03. The van der Waals surface area contributed by atoms with Gasteiger partial charge < -0.3 is 10.3 Å². The van der Waals surface area contributed by atoms with E-state index in [9.17, 15) is 4.39 Å². The van der Waals surface area contributed by atoms with Crippen LogP contribution in [0.3, 0.4) is 0 Å². The number of hydrogen-bond acceptors (Lipinski definition) is 4. The van der Waals surface area contributed by atoms with Gasteiger partial charge in [-0.25, -0.2) is 4.39 Å². The van der Waals surface area contributed by atoms with E-state index in [0.717, 1.165) is 11.3 Å². The second-order valence-electron chi connectivity index (χ2n) is 4.55. The van der Waals surface area contributed by atoms with Crippen molar-refractivity contribution >= 4 is 5.88 Å². The first kappa shape index (κ1) is 12.4. The van der Waals surface area contributed by atoms with E-state index in [1.807, 2.05) is 14.0 Å². The molecular weight excluding hydrogens is 259 g/mol. The molecule has 0 bridgehead atoms. The van der Waals surface area contributed by atoms with Crippen molar-refractivity contribution in [2.45, 2.75) is 6.92 Å². The first-order valence-corrected chi connectivity index (χ1v) is 6.08. The highest BCUT2D eigenvalue weighted by Crippen LogP contribution is 2.38. The van der Waals surface area contributed by atoms with Crippen molar-refractivity contribution < 1.29 is 8.91 Å². The fraction of sp³-hybridized carbons (Fsp3) is 0.143. The number of aromatic nitrogens is 3. The number of halogens is 1. The summed E-state index contributed by atoms with van der Waals surface area (Å²) >= 11 is 0. The highest BCUT2D eigenvalue weighted by atomic mass is 19.1. The molecule has 6 heteroatoms. The van der Waals surface area contributed by atoms with Crippen LogP contribution in [-0.4, -0.2) is 14.9 Å². The quantitative estimate of drug-likeness (QED) is 0.778. The molecule has 0 saturated carbocycles. The van der Waals surface area contributed by atoms with Gasteiger partial charge in [0.05, 0.1) is 11.3 Å². The lowest BCUT2D eigenvalue weighted by atomic mass is 10.0. The predicted octanol–water partition coefficient (Wildman–Crippen LogP) is 2.77. The van der Waals surface area contributed by atoms with E-state index in [0.29, 0.717) is 16.8 Å². The van der Waals surface area contributed by atoms with E-state index in [2.05, 4.69) is 10.3 Å². The fourth-order valence-electron chi connectivity index (χ4n) is 2.24. The number of nitrogens with two attached hydrogens (primary N) is 1. The van der Waals surface area contributed by atoms with Crippen molar-refractivity contribution in [1.82, 2.24) is 14.9 Å². The molecule has 102 valence electrons. The lowest BCUT2D eigenvalue weighted by molar-refractivity contribution is 0.439. The third-order valence-electron chi connectivity index (χ3n) is 3.13. The summed E-state index contributed by atoms with van der Waals surface area (Å²) in [6.45, 7) is 1.85.